The first-order valence-electron chi connectivity index (χ1n) is 10.7. The van der Waals surface area contributed by atoms with Gasteiger partial charge in [-0.25, -0.2) is 9.59 Å². The Hall–Kier alpha value is -3.39. The molecule has 3 atom stereocenters. The van der Waals surface area contributed by atoms with Crippen molar-refractivity contribution < 1.29 is 29.0 Å². The van der Waals surface area contributed by atoms with Crippen molar-refractivity contribution in [2.75, 3.05) is 13.2 Å². The number of fused-ring (bicyclic) bond motifs is 3. The van der Waals surface area contributed by atoms with Crippen molar-refractivity contribution in [3.63, 3.8) is 0 Å². The van der Waals surface area contributed by atoms with Gasteiger partial charge in [0.1, 0.15) is 6.61 Å². The van der Waals surface area contributed by atoms with E-state index < -0.39 is 30.3 Å². The summed E-state index contributed by atoms with van der Waals surface area (Å²) in [5.74, 6) is -1.49. The summed E-state index contributed by atoms with van der Waals surface area (Å²) in [6.07, 6.45) is -1.19. The Morgan fingerprint density at radius 2 is 1.72 bits per heavy atom. The minimum absolute atomic E-state index is 0.00698. The Bertz CT molecular complexity index is 978. The monoisotopic (exact) mass is 438 g/mol. The molecule has 2 amide bonds. The van der Waals surface area contributed by atoms with E-state index in [4.69, 9.17) is 14.6 Å². The molecule has 0 saturated carbocycles. The summed E-state index contributed by atoms with van der Waals surface area (Å²) >= 11 is 0. The summed E-state index contributed by atoms with van der Waals surface area (Å²) in [6.45, 7) is 2.18. The molecule has 3 N–H and O–H groups in total. The lowest BCUT2D eigenvalue weighted by atomic mass is 9.98. The Morgan fingerprint density at radius 3 is 2.34 bits per heavy atom. The minimum atomic E-state index is -1.10. The first-order valence-corrected chi connectivity index (χ1v) is 10.7. The van der Waals surface area contributed by atoms with E-state index in [9.17, 15) is 14.4 Å². The second-order valence-corrected chi connectivity index (χ2v) is 8.17. The predicted molar refractivity (Wildman–Crippen MR) is 116 cm³/mol. The lowest BCUT2D eigenvalue weighted by molar-refractivity contribution is -0.148. The van der Waals surface area contributed by atoms with Crippen molar-refractivity contribution in [2.24, 2.45) is 0 Å². The number of carbonyl (C=O) groups excluding carboxylic acids is 2. The zero-order valence-corrected chi connectivity index (χ0v) is 17.7. The van der Waals surface area contributed by atoms with E-state index in [1.165, 1.54) is 0 Å². The van der Waals surface area contributed by atoms with Crippen LogP contribution in [0.25, 0.3) is 11.1 Å². The quantitative estimate of drug-likeness (QED) is 0.612. The van der Waals surface area contributed by atoms with Crippen LogP contribution in [0.15, 0.2) is 48.5 Å². The second-order valence-electron chi connectivity index (χ2n) is 8.17. The zero-order valence-electron chi connectivity index (χ0n) is 17.7. The number of aliphatic carboxylic acids is 1. The average molecular weight is 438 g/mol. The minimum Gasteiger partial charge on any atom is -0.479 e. The maximum absolute atomic E-state index is 12.3. The van der Waals surface area contributed by atoms with Crippen molar-refractivity contribution in [1.29, 1.82) is 0 Å². The molecule has 8 nitrogen and oxygen atoms in total. The number of hydrogen-bond acceptors (Lipinski definition) is 5. The summed E-state index contributed by atoms with van der Waals surface area (Å²) in [7, 11) is 0. The van der Waals surface area contributed by atoms with Gasteiger partial charge in [0.2, 0.25) is 5.91 Å². The smallest absolute Gasteiger partial charge is 0.407 e. The van der Waals surface area contributed by atoms with Crippen LogP contribution < -0.4 is 10.6 Å². The highest BCUT2D eigenvalue weighted by Crippen LogP contribution is 2.44. The number of hydrogen-bond donors (Lipinski definition) is 3. The van der Waals surface area contributed by atoms with Crippen LogP contribution in [0.3, 0.4) is 0 Å². The Labute approximate surface area is 185 Å². The maximum Gasteiger partial charge on any atom is 0.407 e. The fourth-order valence-electron chi connectivity index (χ4n) is 4.42. The van der Waals surface area contributed by atoms with Crippen molar-refractivity contribution in [3.8, 4) is 11.1 Å². The fraction of sp³-hybridized carbons (Fsp3) is 0.375. The highest BCUT2D eigenvalue weighted by molar-refractivity contribution is 5.81. The van der Waals surface area contributed by atoms with E-state index in [0.29, 0.717) is 6.42 Å². The Kier molecular flexibility index (Phi) is 6.41. The summed E-state index contributed by atoms with van der Waals surface area (Å²) in [4.78, 5) is 35.7. The van der Waals surface area contributed by atoms with Crippen LogP contribution in [0, 0.1) is 0 Å². The zero-order chi connectivity index (χ0) is 22.7. The molecule has 168 valence electrons. The standard InChI is InChI=1S/C24H26N2O6/c1-14(12-21(27)26-20-10-11-31-22(20)23(28)29)25-24(30)32-13-19-17-8-4-2-6-15(17)16-7-3-5-9-18(16)19/h2-9,14,19-20,22H,10-13H2,1H3,(H,25,30)(H,26,27)(H,28,29)/t14-,20?,22?/m0/s1. The van der Waals surface area contributed by atoms with Crippen LogP contribution in [0.2, 0.25) is 0 Å². The molecule has 2 aromatic rings. The van der Waals surface area contributed by atoms with Gasteiger partial charge in [0.25, 0.3) is 0 Å². The molecule has 0 aromatic heterocycles. The Morgan fingerprint density at radius 1 is 1.09 bits per heavy atom. The number of nitrogens with one attached hydrogen (secondary N) is 2. The van der Waals surface area contributed by atoms with Crippen molar-refractivity contribution in [3.05, 3.63) is 59.7 Å². The van der Waals surface area contributed by atoms with Gasteiger partial charge in [-0.3, -0.25) is 4.79 Å². The Balaban J connectivity index is 1.28. The molecular formula is C24H26N2O6. The molecule has 8 heteroatoms. The van der Waals surface area contributed by atoms with Crippen LogP contribution in [0.5, 0.6) is 0 Å². The summed E-state index contributed by atoms with van der Waals surface area (Å²) in [6, 6.07) is 15.1. The second kappa shape index (κ2) is 9.40. The van der Waals surface area contributed by atoms with Gasteiger partial charge in [0.15, 0.2) is 6.10 Å². The number of alkyl carbamates (subject to hydrolysis) is 1. The molecule has 1 fully saturated rings. The van der Waals surface area contributed by atoms with Crippen LogP contribution in [-0.4, -0.2) is 54.5 Å². The van der Waals surface area contributed by atoms with E-state index in [-0.39, 0.29) is 31.5 Å². The number of carbonyl (C=O) groups is 3. The molecule has 0 radical (unpaired) electrons. The molecule has 0 bridgehead atoms. The molecule has 1 aliphatic heterocycles. The maximum atomic E-state index is 12.3. The van der Waals surface area contributed by atoms with Gasteiger partial charge < -0.3 is 25.2 Å². The molecule has 2 aromatic carbocycles. The number of carboxylic acids is 1. The van der Waals surface area contributed by atoms with Crippen LogP contribution >= 0.6 is 0 Å². The van der Waals surface area contributed by atoms with E-state index in [1.807, 2.05) is 36.4 Å². The van der Waals surface area contributed by atoms with E-state index in [1.54, 1.807) is 6.92 Å². The third-order valence-corrected chi connectivity index (χ3v) is 5.88. The molecule has 1 heterocycles. The topological polar surface area (TPSA) is 114 Å². The van der Waals surface area contributed by atoms with Gasteiger partial charge >= 0.3 is 12.1 Å². The lowest BCUT2D eigenvalue weighted by Gasteiger charge is -2.19. The SMILES string of the molecule is C[C@@H](CC(=O)NC1CCOC1C(=O)O)NC(=O)OCC1c2ccccc2-c2ccccc21. The highest BCUT2D eigenvalue weighted by Gasteiger charge is 2.35. The number of rotatable bonds is 7. The van der Waals surface area contributed by atoms with Gasteiger partial charge in [0, 0.05) is 25.0 Å². The van der Waals surface area contributed by atoms with Crippen LogP contribution in [0.4, 0.5) is 4.79 Å². The molecule has 4 rings (SSSR count). The first kappa shape index (κ1) is 21.8. The number of amides is 2. The van der Waals surface area contributed by atoms with Gasteiger partial charge in [-0.1, -0.05) is 48.5 Å². The first-order chi connectivity index (χ1) is 15.4. The van der Waals surface area contributed by atoms with Gasteiger partial charge in [-0.05, 0) is 35.6 Å². The number of ether oxygens (including phenoxy) is 2. The van der Waals surface area contributed by atoms with Crippen molar-refractivity contribution in [2.45, 2.75) is 43.9 Å². The number of carboxylic acid groups (broad SMARTS) is 1. The summed E-state index contributed by atoms with van der Waals surface area (Å²) < 4.78 is 10.6. The molecule has 2 unspecified atom stereocenters. The van der Waals surface area contributed by atoms with E-state index in [2.05, 4.69) is 22.8 Å². The van der Waals surface area contributed by atoms with Gasteiger partial charge in [0.05, 0.1) is 6.04 Å². The largest absolute Gasteiger partial charge is 0.479 e. The van der Waals surface area contributed by atoms with E-state index in [0.717, 1.165) is 22.3 Å². The van der Waals surface area contributed by atoms with Crippen molar-refractivity contribution in [1.82, 2.24) is 10.6 Å². The third kappa shape index (κ3) is 4.60. The molecule has 2 aliphatic rings. The molecule has 1 aliphatic carbocycles. The summed E-state index contributed by atoms with van der Waals surface area (Å²) in [5.41, 5.74) is 4.55. The van der Waals surface area contributed by atoms with E-state index >= 15 is 0 Å². The average Bonchev–Trinajstić information content (AvgIpc) is 3.34. The van der Waals surface area contributed by atoms with Gasteiger partial charge in [-0.15, -0.1) is 0 Å². The van der Waals surface area contributed by atoms with Crippen LogP contribution in [-0.2, 0) is 19.1 Å². The van der Waals surface area contributed by atoms with Crippen molar-refractivity contribution >= 4 is 18.0 Å². The number of benzene rings is 2. The molecular weight excluding hydrogens is 412 g/mol. The predicted octanol–water partition coefficient (Wildman–Crippen LogP) is 2.66. The molecule has 1 saturated heterocycles. The normalized spacial score (nSPS) is 20.2. The summed E-state index contributed by atoms with van der Waals surface area (Å²) in [5, 5.41) is 14.5. The third-order valence-electron chi connectivity index (χ3n) is 5.88. The van der Waals surface area contributed by atoms with Crippen LogP contribution in [0.1, 0.15) is 36.8 Å². The highest BCUT2D eigenvalue weighted by atomic mass is 16.5. The molecule has 0 spiro atoms. The lowest BCUT2D eigenvalue weighted by Crippen LogP contribution is -2.46. The fourth-order valence-corrected chi connectivity index (χ4v) is 4.42. The molecule has 32 heavy (non-hydrogen) atoms. The van der Waals surface area contributed by atoms with Gasteiger partial charge in [-0.2, -0.15) is 0 Å².